The molecular weight excluding hydrogens is 334 g/mol. The minimum atomic E-state index is 0. The predicted octanol–water partition coefficient (Wildman–Crippen LogP) is 4.49. The molecule has 1 unspecified atom stereocenters. The Bertz CT molecular complexity index is 909. The highest BCUT2D eigenvalue weighted by atomic mass is 35.5. The molecule has 132 valence electrons. The van der Waals surface area contributed by atoms with Gasteiger partial charge in [0.15, 0.2) is 0 Å². The zero-order valence-electron chi connectivity index (χ0n) is 14.7. The number of nitrogens with one attached hydrogen (secondary N) is 1. The van der Waals surface area contributed by atoms with Crippen LogP contribution in [0.4, 0.5) is 0 Å². The highest BCUT2D eigenvalue weighted by molar-refractivity contribution is 5.97. The smallest absolute Gasteiger partial charge is 0.234 e. The number of carbonyl (C=O) groups is 1. The summed E-state index contributed by atoms with van der Waals surface area (Å²) < 4.78 is 2.00. The minimum Gasteiger partial charge on any atom is -0.348 e. The van der Waals surface area contributed by atoms with Crippen LogP contribution in [0, 0.1) is 12.8 Å². The predicted molar refractivity (Wildman–Crippen MR) is 103 cm³/mol. The number of hydrogen-bond acceptors (Lipinski definition) is 2. The van der Waals surface area contributed by atoms with E-state index in [1.165, 1.54) is 16.6 Å². The molecule has 0 spiro atoms. The van der Waals surface area contributed by atoms with Gasteiger partial charge in [0.25, 0.3) is 0 Å². The molecule has 2 aromatic heterocycles. The van der Waals surface area contributed by atoms with Gasteiger partial charge in [-0.2, -0.15) is 0 Å². The second-order valence-corrected chi connectivity index (χ2v) is 6.78. The maximum Gasteiger partial charge on any atom is 0.234 e. The Labute approximate surface area is 154 Å². The fourth-order valence-corrected chi connectivity index (χ4v) is 4.04. The van der Waals surface area contributed by atoms with Crippen molar-refractivity contribution in [3.63, 3.8) is 0 Å². The van der Waals surface area contributed by atoms with Gasteiger partial charge >= 0.3 is 0 Å². The Hall–Kier alpha value is -2.07. The lowest BCUT2D eigenvalue weighted by molar-refractivity contribution is 0.0808. The molecule has 1 atom stereocenters. The van der Waals surface area contributed by atoms with E-state index in [9.17, 15) is 4.79 Å². The van der Waals surface area contributed by atoms with Crippen molar-refractivity contribution in [1.29, 1.82) is 0 Å². The molecule has 5 heteroatoms. The number of H-pyrrole nitrogens is 1. The van der Waals surface area contributed by atoms with Crippen molar-refractivity contribution in [3.05, 3.63) is 53.2 Å². The fraction of sp³-hybridized carbons (Fsp3) is 0.400. The number of aromatic nitrogens is 3. The van der Waals surface area contributed by atoms with Crippen molar-refractivity contribution < 1.29 is 4.79 Å². The summed E-state index contributed by atoms with van der Waals surface area (Å²) in [6.07, 6.45) is 6.48. The highest BCUT2D eigenvalue weighted by Crippen LogP contribution is 2.34. The molecular formula is C20H24ClN3O. The third-order valence-electron chi connectivity index (χ3n) is 5.26. The van der Waals surface area contributed by atoms with E-state index < -0.39 is 0 Å². The van der Waals surface area contributed by atoms with E-state index in [1.807, 2.05) is 17.6 Å². The maximum atomic E-state index is 13.2. The molecule has 1 aliphatic rings. The summed E-state index contributed by atoms with van der Waals surface area (Å²) in [5, 5.41) is 1.25. The Morgan fingerprint density at radius 2 is 2.12 bits per heavy atom. The molecule has 25 heavy (non-hydrogen) atoms. The largest absolute Gasteiger partial charge is 0.348 e. The number of halogens is 1. The second-order valence-electron chi connectivity index (χ2n) is 6.78. The third-order valence-corrected chi connectivity index (χ3v) is 5.26. The van der Waals surface area contributed by atoms with Crippen LogP contribution in [0.3, 0.4) is 0 Å². The number of nitrogens with zero attached hydrogens (tertiary/aromatic N) is 2. The summed E-state index contributed by atoms with van der Waals surface area (Å²) in [5.74, 6) is 0.252. The van der Waals surface area contributed by atoms with Crippen molar-refractivity contribution >= 4 is 29.2 Å². The summed E-state index contributed by atoms with van der Waals surface area (Å²) >= 11 is 0. The van der Waals surface area contributed by atoms with Gasteiger partial charge in [-0.25, -0.2) is 4.98 Å². The van der Waals surface area contributed by atoms with Crippen LogP contribution >= 0.6 is 12.4 Å². The first kappa shape index (κ1) is 17.7. The molecule has 4 rings (SSSR count). The van der Waals surface area contributed by atoms with Gasteiger partial charge in [0, 0.05) is 29.1 Å². The Morgan fingerprint density at radius 3 is 2.84 bits per heavy atom. The van der Waals surface area contributed by atoms with Crippen molar-refractivity contribution in [2.75, 3.05) is 0 Å². The number of carbonyl (C=O) groups excluding carboxylic acids is 1. The van der Waals surface area contributed by atoms with Crippen LogP contribution in [-0.2, 0) is 19.3 Å². The van der Waals surface area contributed by atoms with Gasteiger partial charge in [0.05, 0.1) is 17.5 Å². The van der Waals surface area contributed by atoms with E-state index >= 15 is 0 Å². The maximum absolute atomic E-state index is 13.2. The topological polar surface area (TPSA) is 50.7 Å². The van der Waals surface area contributed by atoms with Gasteiger partial charge in [0.2, 0.25) is 5.91 Å². The van der Waals surface area contributed by atoms with Crippen LogP contribution in [0.25, 0.3) is 10.9 Å². The van der Waals surface area contributed by atoms with Crippen molar-refractivity contribution in [2.24, 2.45) is 5.92 Å². The van der Waals surface area contributed by atoms with Gasteiger partial charge in [-0.15, -0.1) is 12.4 Å². The molecule has 0 amide bonds. The molecule has 3 heterocycles. The van der Waals surface area contributed by atoms with Gasteiger partial charge in [-0.1, -0.05) is 31.5 Å². The quantitative estimate of drug-likeness (QED) is 0.747. The van der Waals surface area contributed by atoms with E-state index in [1.54, 1.807) is 6.33 Å². The molecule has 1 aliphatic heterocycles. The molecule has 0 aliphatic carbocycles. The average molecular weight is 358 g/mol. The van der Waals surface area contributed by atoms with Crippen molar-refractivity contribution in [3.8, 4) is 0 Å². The van der Waals surface area contributed by atoms with E-state index in [2.05, 4.69) is 35.1 Å². The van der Waals surface area contributed by atoms with Crippen LogP contribution in [0.15, 0.2) is 30.6 Å². The van der Waals surface area contributed by atoms with E-state index in [4.69, 9.17) is 0 Å². The number of rotatable bonds is 4. The number of hydrogen-bond donors (Lipinski definition) is 1. The van der Waals surface area contributed by atoms with E-state index in [0.29, 0.717) is 0 Å². The Kier molecular flexibility index (Phi) is 5.00. The first-order valence-electron chi connectivity index (χ1n) is 8.85. The van der Waals surface area contributed by atoms with Crippen LogP contribution in [0.1, 0.15) is 47.2 Å². The van der Waals surface area contributed by atoms with Crippen LogP contribution in [0.2, 0.25) is 0 Å². The lowest BCUT2D eigenvalue weighted by atomic mass is 9.90. The molecule has 0 radical (unpaired) electrons. The van der Waals surface area contributed by atoms with Crippen molar-refractivity contribution in [2.45, 2.75) is 46.0 Å². The first-order chi connectivity index (χ1) is 11.7. The van der Waals surface area contributed by atoms with Crippen LogP contribution < -0.4 is 0 Å². The Morgan fingerprint density at radius 1 is 1.32 bits per heavy atom. The second kappa shape index (κ2) is 7.04. The molecule has 4 nitrogen and oxygen atoms in total. The summed E-state index contributed by atoms with van der Waals surface area (Å²) in [6.45, 7) is 4.22. The summed E-state index contributed by atoms with van der Waals surface area (Å²) in [4.78, 5) is 20.7. The molecule has 3 aromatic rings. The summed E-state index contributed by atoms with van der Waals surface area (Å²) in [7, 11) is 0. The SMILES string of the molecule is CCCc1c2n(c3ccccc13)C(=O)C(Cc1nc[nH]c1C)CC2.Cl. The van der Waals surface area contributed by atoms with Gasteiger partial charge in [0.1, 0.15) is 0 Å². The molecule has 0 fully saturated rings. The summed E-state index contributed by atoms with van der Waals surface area (Å²) in [6, 6.07) is 8.34. The molecule has 1 N–H and O–H groups in total. The number of benzene rings is 1. The van der Waals surface area contributed by atoms with Gasteiger partial charge in [-0.3, -0.25) is 9.36 Å². The van der Waals surface area contributed by atoms with Crippen molar-refractivity contribution in [1.82, 2.24) is 14.5 Å². The molecule has 1 aromatic carbocycles. The van der Waals surface area contributed by atoms with E-state index in [-0.39, 0.29) is 24.2 Å². The number of imidazole rings is 1. The number of fused-ring (bicyclic) bond motifs is 3. The van der Waals surface area contributed by atoms with Gasteiger partial charge in [-0.05, 0) is 37.8 Å². The molecule has 0 bridgehead atoms. The van der Waals surface area contributed by atoms with E-state index in [0.717, 1.165) is 49.0 Å². The lowest BCUT2D eigenvalue weighted by Gasteiger charge is -2.24. The minimum absolute atomic E-state index is 0. The van der Waals surface area contributed by atoms with Crippen LogP contribution in [-0.4, -0.2) is 20.4 Å². The zero-order valence-corrected chi connectivity index (χ0v) is 15.5. The first-order valence-corrected chi connectivity index (χ1v) is 8.85. The highest BCUT2D eigenvalue weighted by Gasteiger charge is 2.31. The number of aryl methyl sites for hydroxylation is 2. The summed E-state index contributed by atoms with van der Waals surface area (Å²) in [5.41, 5.74) is 5.76. The normalized spacial score (nSPS) is 16.7. The standard InChI is InChI=1S/C20H23N3O.ClH/c1-3-6-15-16-7-4-5-8-18(16)23-19(15)10-9-14(20(23)24)11-17-13(2)21-12-22-17;/h4-5,7-8,12,14H,3,6,9-11H2,1-2H3,(H,21,22);1H. The fourth-order valence-electron chi connectivity index (χ4n) is 4.04. The zero-order chi connectivity index (χ0) is 16.7. The van der Waals surface area contributed by atoms with Crippen LogP contribution in [0.5, 0.6) is 0 Å². The Balaban J connectivity index is 0.00000182. The third kappa shape index (κ3) is 2.89. The number of aromatic amines is 1. The van der Waals surface area contributed by atoms with Gasteiger partial charge < -0.3 is 4.98 Å². The molecule has 0 saturated heterocycles. The number of para-hydroxylation sites is 1. The average Bonchev–Trinajstić information content (AvgIpc) is 3.13. The monoisotopic (exact) mass is 357 g/mol. The molecule has 0 saturated carbocycles. The lowest BCUT2D eigenvalue weighted by Crippen LogP contribution is -2.30.